The molecule has 24 heavy (non-hydrogen) atoms. The molecule has 1 aromatic rings. The number of ether oxygens (including phenoxy) is 1. The van der Waals surface area contributed by atoms with Gasteiger partial charge in [-0.05, 0) is 25.3 Å². The summed E-state index contributed by atoms with van der Waals surface area (Å²) in [5.74, 6) is 0.287. The van der Waals surface area contributed by atoms with E-state index in [2.05, 4.69) is 34.5 Å². The van der Waals surface area contributed by atoms with Gasteiger partial charge in [-0.15, -0.1) is 11.8 Å². The number of nitrogens with zero attached hydrogens (tertiary/aromatic N) is 1. The second-order valence-electron chi connectivity index (χ2n) is 5.90. The molecule has 0 saturated carbocycles. The first-order valence-electron chi connectivity index (χ1n) is 8.46. The lowest BCUT2D eigenvalue weighted by atomic mass is 10.0. The monoisotopic (exact) mass is 350 g/mol. The number of carbonyl (C=O) groups excluding carboxylic acids is 2. The summed E-state index contributed by atoms with van der Waals surface area (Å²) in [6.45, 7) is 5.12. The molecule has 0 atom stereocenters. The zero-order chi connectivity index (χ0) is 17.2. The summed E-state index contributed by atoms with van der Waals surface area (Å²) in [4.78, 5) is 25.6. The van der Waals surface area contributed by atoms with Crippen molar-refractivity contribution in [2.24, 2.45) is 0 Å². The molecule has 0 unspecified atom stereocenters. The van der Waals surface area contributed by atoms with Gasteiger partial charge in [0.2, 0.25) is 5.91 Å². The van der Waals surface area contributed by atoms with E-state index in [0.29, 0.717) is 12.4 Å². The van der Waals surface area contributed by atoms with Crippen molar-refractivity contribution in [1.82, 2.24) is 10.2 Å². The standard InChI is InChI=1S/C18H26N2O3S/c1-2-23-18(22)14-24-13-17(21)19-16-8-10-20(11-9-16)12-15-6-4-3-5-7-15/h3-7,16H,2,8-14H2,1H3,(H,19,21). The Hall–Kier alpha value is -1.53. The molecule has 132 valence electrons. The van der Waals surface area contributed by atoms with Crippen molar-refractivity contribution in [1.29, 1.82) is 0 Å². The van der Waals surface area contributed by atoms with Gasteiger partial charge in [0, 0.05) is 25.7 Å². The average molecular weight is 350 g/mol. The van der Waals surface area contributed by atoms with Crippen molar-refractivity contribution in [3.05, 3.63) is 35.9 Å². The maximum Gasteiger partial charge on any atom is 0.315 e. The smallest absolute Gasteiger partial charge is 0.315 e. The number of rotatable bonds is 8. The van der Waals surface area contributed by atoms with Crippen LogP contribution in [0.15, 0.2) is 30.3 Å². The van der Waals surface area contributed by atoms with Crippen LogP contribution in [0.3, 0.4) is 0 Å². The van der Waals surface area contributed by atoms with Crippen LogP contribution in [0, 0.1) is 0 Å². The summed E-state index contributed by atoms with van der Waals surface area (Å²) in [6.07, 6.45) is 1.95. The number of esters is 1. The molecule has 1 N–H and O–H groups in total. The fraction of sp³-hybridized carbons (Fsp3) is 0.556. The summed E-state index contributed by atoms with van der Waals surface area (Å²) < 4.78 is 4.84. The first kappa shape index (κ1) is 18.8. The first-order chi connectivity index (χ1) is 11.7. The Morgan fingerprint density at radius 1 is 1.21 bits per heavy atom. The number of nitrogens with one attached hydrogen (secondary N) is 1. The molecule has 1 aromatic carbocycles. The van der Waals surface area contributed by atoms with Gasteiger partial charge in [0.25, 0.3) is 0 Å². The maximum atomic E-state index is 11.9. The van der Waals surface area contributed by atoms with Gasteiger partial charge in [0.1, 0.15) is 0 Å². The highest BCUT2D eigenvalue weighted by molar-refractivity contribution is 8.00. The van der Waals surface area contributed by atoms with Gasteiger partial charge in [0.15, 0.2) is 0 Å². The number of thioether (sulfide) groups is 1. The van der Waals surface area contributed by atoms with Crippen LogP contribution in [-0.2, 0) is 20.9 Å². The third-order valence-corrected chi connectivity index (χ3v) is 4.87. The van der Waals surface area contributed by atoms with Gasteiger partial charge >= 0.3 is 5.97 Å². The fourth-order valence-corrected chi connectivity index (χ4v) is 3.40. The Morgan fingerprint density at radius 3 is 2.58 bits per heavy atom. The van der Waals surface area contributed by atoms with E-state index >= 15 is 0 Å². The SMILES string of the molecule is CCOC(=O)CSCC(=O)NC1CCN(Cc2ccccc2)CC1. The van der Waals surface area contributed by atoms with Crippen LogP contribution in [0.25, 0.3) is 0 Å². The van der Waals surface area contributed by atoms with Gasteiger partial charge in [-0.2, -0.15) is 0 Å². The van der Waals surface area contributed by atoms with E-state index in [4.69, 9.17) is 4.74 Å². The highest BCUT2D eigenvalue weighted by Crippen LogP contribution is 2.14. The summed E-state index contributed by atoms with van der Waals surface area (Å²) in [5.41, 5.74) is 1.33. The van der Waals surface area contributed by atoms with Gasteiger partial charge in [-0.3, -0.25) is 14.5 Å². The number of amides is 1. The van der Waals surface area contributed by atoms with E-state index in [-0.39, 0.29) is 23.7 Å². The van der Waals surface area contributed by atoms with Crippen molar-refractivity contribution < 1.29 is 14.3 Å². The first-order valence-corrected chi connectivity index (χ1v) is 9.62. The van der Waals surface area contributed by atoms with E-state index in [9.17, 15) is 9.59 Å². The topological polar surface area (TPSA) is 58.6 Å². The summed E-state index contributed by atoms with van der Waals surface area (Å²) in [7, 11) is 0. The van der Waals surface area contributed by atoms with E-state index < -0.39 is 0 Å². The Morgan fingerprint density at radius 2 is 1.92 bits per heavy atom. The molecule has 1 aliphatic rings. The number of piperidine rings is 1. The largest absolute Gasteiger partial charge is 0.465 e. The quantitative estimate of drug-likeness (QED) is 0.727. The summed E-state index contributed by atoms with van der Waals surface area (Å²) >= 11 is 1.30. The molecular formula is C18H26N2O3S. The van der Waals surface area contributed by atoms with Crippen LogP contribution in [0.2, 0.25) is 0 Å². The molecule has 0 aromatic heterocycles. The highest BCUT2D eigenvalue weighted by Gasteiger charge is 2.20. The molecule has 0 bridgehead atoms. The predicted molar refractivity (Wildman–Crippen MR) is 96.8 cm³/mol. The highest BCUT2D eigenvalue weighted by atomic mass is 32.2. The molecule has 0 spiro atoms. The Bertz CT molecular complexity index is 516. The van der Waals surface area contributed by atoms with E-state index in [1.54, 1.807) is 6.92 Å². The van der Waals surface area contributed by atoms with Gasteiger partial charge < -0.3 is 10.1 Å². The molecule has 1 saturated heterocycles. The number of benzene rings is 1. The van der Waals surface area contributed by atoms with E-state index in [1.807, 2.05) is 6.07 Å². The van der Waals surface area contributed by atoms with Crippen LogP contribution in [-0.4, -0.2) is 54.0 Å². The number of hydrogen-bond acceptors (Lipinski definition) is 5. The Balaban J connectivity index is 1.60. The third kappa shape index (κ3) is 6.93. The van der Waals surface area contributed by atoms with Gasteiger partial charge in [-0.1, -0.05) is 30.3 Å². The second-order valence-corrected chi connectivity index (χ2v) is 6.89. The lowest BCUT2D eigenvalue weighted by Gasteiger charge is -2.32. The van der Waals surface area contributed by atoms with Gasteiger partial charge in [0.05, 0.1) is 18.1 Å². The van der Waals surface area contributed by atoms with Crippen LogP contribution in [0.5, 0.6) is 0 Å². The zero-order valence-electron chi connectivity index (χ0n) is 14.2. The third-order valence-electron chi connectivity index (χ3n) is 3.96. The normalized spacial score (nSPS) is 15.9. The van der Waals surface area contributed by atoms with Crippen LogP contribution in [0.4, 0.5) is 0 Å². The molecule has 1 aliphatic heterocycles. The molecule has 0 aliphatic carbocycles. The molecule has 6 heteroatoms. The fourth-order valence-electron chi connectivity index (χ4n) is 2.78. The van der Waals surface area contributed by atoms with Crippen molar-refractivity contribution in [2.75, 3.05) is 31.2 Å². The van der Waals surface area contributed by atoms with Crippen molar-refractivity contribution >= 4 is 23.6 Å². The van der Waals surface area contributed by atoms with Crippen LogP contribution >= 0.6 is 11.8 Å². The Kier molecular flexibility index (Phi) is 8.12. The molecule has 1 heterocycles. The number of hydrogen-bond donors (Lipinski definition) is 1. The molecule has 1 amide bonds. The maximum absolute atomic E-state index is 11.9. The van der Waals surface area contributed by atoms with E-state index in [0.717, 1.165) is 32.5 Å². The summed E-state index contributed by atoms with van der Waals surface area (Å²) in [6, 6.07) is 10.7. The lowest BCUT2D eigenvalue weighted by molar-refractivity contribution is -0.139. The van der Waals surface area contributed by atoms with Crippen molar-refractivity contribution in [2.45, 2.75) is 32.4 Å². The van der Waals surface area contributed by atoms with Crippen molar-refractivity contribution in [3.8, 4) is 0 Å². The number of carbonyl (C=O) groups is 2. The minimum Gasteiger partial charge on any atom is -0.465 e. The minimum absolute atomic E-state index is 0.00538. The minimum atomic E-state index is -0.260. The Labute approximate surface area is 148 Å². The number of likely N-dealkylation sites (tertiary alicyclic amines) is 1. The lowest BCUT2D eigenvalue weighted by Crippen LogP contribution is -2.44. The molecule has 5 nitrogen and oxygen atoms in total. The van der Waals surface area contributed by atoms with E-state index in [1.165, 1.54) is 17.3 Å². The average Bonchev–Trinajstić information content (AvgIpc) is 2.58. The predicted octanol–water partition coefficient (Wildman–Crippen LogP) is 2.06. The molecule has 0 radical (unpaired) electrons. The molecule has 1 fully saturated rings. The molecular weight excluding hydrogens is 324 g/mol. The zero-order valence-corrected chi connectivity index (χ0v) is 15.0. The molecule has 2 rings (SSSR count). The summed E-state index contributed by atoms with van der Waals surface area (Å²) in [5, 5.41) is 3.07. The van der Waals surface area contributed by atoms with Crippen LogP contribution < -0.4 is 5.32 Å². The van der Waals surface area contributed by atoms with Crippen molar-refractivity contribution in [3.63, 3.8) is 0 Å². The van der Waals surface area contributed by atoms with Gasteiger partial charge in [-0.25, -0.2) is 0 Å². The second kappa shape index (κ2) is 10.4. The van der Waals surface area contributed by atoms with Crippen LogP contribution in [0.1, 0.15) is 25.3 Å².